The number of aromatic nitrogens is 3. The predicted octanol–water partition coefficient (Wildman–Crippen LogP) is 1.03. The molecular weight excluding hydrogens is 234 g/mol. The molecule has 2 heterocycles. The highest BCUT2D eigenvalue weighted by Gasteiger charge is 2.12. The molecule has 6 heteroatoms. The fourth-order valence-electron chi connectivity index (χ4n) is 1.69. The number of aryl methyl sites for hydroxylation is 1. The van der Waals surface area contributed by atoms with Crippen LogP contribution in [0, 0.1) is 6.92 Å². The van der Waals surface area contributed by atoms with Crippen LogP contribution in [0.15, 0.2) is 17.2 Å². The molecule has 1 N–H and O–H groups in total. The van der Waals surface area contributed by atoms with Crippen LogP contribution in [0.3, 0.4) is 0 Å². The van der Waals surface area contributed by atoms with Gasteiger partial charge in [-0.25, -0.2) is 9.97 Å². The molecule has 2 aromatic heterocycles. The van der Waals surface area contributed by atoms with Gasteiger partial charge in [-0.2, -0.15) is 0 Å². The highest BCUT2D eigenvalue weighted by atomic mass is 16.7. The molecule has 0 aliphatic rings. The van der Waals surface area contributed by atoms with Gasteiger partial charge in [0.15, 0.2) is 5.65 Å². The maximum absolute atomic E-state index is 11.8. The van der Waals surface area contributed by atoms with E-state index in [0.29, 0.717) is 23.3 Å². The van der Waals surface area contributed by atoms with Crippen molar-refractivity contribution in [3.63, 3.8) is 0 Å². The van der Waals surface area contributed by atoms with E-state index in [2.05, 4.69) is 9.97 Å². The third-order valence-corrected chi connectivity index (χ3v) is 2.64. The number of unbranched alkanes of at least 4 members (excludes halogenated alkanes) is 1. The van der Waals surface area contributed by atoms with Crippen molar-refractivity contribution in [1.82, 2.24) is 14.7 Å². The highest BCUT2D eigenvalue weighted by Crippen LogP contribution is 2.22. The van der Waals surface area contributed by atoms with Crippen molar-refractivity contribution in [2.45, 2.75) is 26.7 Å². The average Bonchev–Trinajstić information content (AvgIpc) is 2.33. The summed E-state index contributed by atoms with van der Waals surface area (Å²) in [5.74, 6) is -0.122. The van der Waals surface area contributed by atoms with Gasteiger partial charge in [0, 0.05) is 6.07 Å². The summed E-state index contributed by atoms with van der Waals surface area (Å²) in [7, 11) is 0. The molecule has 96 valence electrons. The molecule has 0 atom stereocenters. The lowest BCUT2D eigenvalue weighted by Gasteiger charge is -2.11. The van der Waals surface area contributed by atoms with Crippen LogP contribution in [0.4, 0.5) is 0 Å². The molecule has 0 saturated heterocycles. The second kappa shape index (κ2) is 5.03. The van der Waals surface area contributed by atoms with Gasteiger partial charge in [0.2, 0.25) is 0 Å². The fraction of sp³-hybridized carbons (Fsp3) is 0.417. The molecule has 0 bridgehead atoms. The monoisotopic (exact) mass is 249 g/mol. The molecule has 0 aliphatic carbocycles. The number of hydrogen-bond acceptors (Lipinski definition) is 5. The van der Waals surface area contributed by atoms with Crippen LogP contribution in [-0.2, 0) is 0 Å². The van der Waals surface area contributed by atoms with E-state index in [1.807, 2.05) is 6.92 Å². The summed E-state index contributed by atoms with van der Waals surface area (Å²) in [4.78, 5) is 25.2. The molecule has 18 heavy (non-hydrogen) atoms. The quantitative estimate of drug-likeness (QED) is 0.819. The van der Waals surface area contributed by atoms with Gasteiger partial charge in [-0.15, -0.1) is 4.73 Å². The number of fused-ring (bicyclic) bond motifs is 1. The molecule has 0 unspecified atom stereocenters. The SMILES string of the molecule is CCCCOn1c(=O)cc(O)c2c(C)ncnc21. The first kappa shape index (κ1) is 12.3. The van der Waals surface area contributed by atoms with E-state index >= 15 is 0 Å². The van der Waals surface area contributed by atoms with E-state index in [0.717, 1.165) is 23.6 Å². The van der Waals surface area contributed by atoms with Gasteiger partial charge in [-0.1, -0.05) is 13.3 Å². The van der Waals surface area contributed by atoms with Gasteiger partial charge in [0.1, 0.15) is 18.7 Å². The minimum Gasteiger partial charge on any atom is -0.507 e. The van der Waals surface area contributed by atoms with Crippen LogP contribution < -0.4 is 10.4 Å². The second-order valence-electron chi connectivity index (χ2n) is 4.01. The Bertz CT molecular complexity index is 622. The normalized spacial score (nSPS) is 10.8. The summed E-state index contributed by atoms with van der Waals surface area (Å²) in [6.07, 6.45) is 3.16. The van der Waals surface area contributed by atoms with Gasteiger partial charge >= 0.3 is 0 Å². The van der Waals surface area contributed by atoms with Crippen LogP contribution in [0.5, 0.6) is 5.75 Å². The maximum Gasteiger partial charge on any atom is 0.288 e. The van der Waals surface area contributed by atoms with Gasteiger partial charge in [0.25, 0.3) is 5.56 Å². The van der Waals surface area contributed by atoms with Crippen molar-refractivity contribution in [2.75, 3.05) is 6.61 Å². The zero-order valence-electron chi connectivity index (χ0n) is 10.4. The Morgan fingerprint density at radius 3 is 2.94 bits per heavy atom. The van der Waals surface area contributed by atoms with Crippen molar-refractivity contribution in [2.24, 2.45) is 0 Å². The lowest BCUT2D eigenvalue weighted by Crippen LogP contribution is -2.28. The van der Waals surface area contributed by atoms with Gasteiger partial charge in [0.05, 0.1) is 11.1 Å². The first-order valence-electron chi connectivity index (χ1n) is 5.84. The third kappa shape index (κ3) is 2.13. The number of pyridine rings is 1. The number of hydrogen-bond donors (Lipinski definition) is 1. The van der Waals surface area contributed by atoms with E-state index in [1.54, 1.807) is 6.92 Å². The Morgan fingerprint density at radius 1 is 1.44 bits per heavy atom. The summed E-state index contributed by atoms with van der Waals surface area (Å²) in [5.41, 5.74) is 0.461. The lowest BCUT2D eigenvalue weighted by atomic mass is 10.2. The zero-order valence-corrected chi connectivity index (χ0v) is 10.4. The minimum atomic E-state index is -0.436. The smallest absolute Gasteiger partial charge is 0.288 e. The van der Waals surface area contributed by atoms with Crippen LogP contribution in [-0.4, -0.2) is 26.4 Å². The summed E-state index contributed by atoms with van der Waals surface area (Å²) in [5, 5.41) is 10.2. The van der Waals surface area contributed by atoms with Crippen molar-refractivity contribution >= 4 is 11.0 Å². The van der Waals surface area contributed by atoms with E-state index in [9.17, 15) is 9.90 Å². The van der Waals surface area contributed by atoms with E-state index in [4.69, 9.17) is 4.84 Å². The van der Waals surface area contributed by atoms with Crippen LogP contribution in [0.25, 0.3) is 11.0 Å². The van der Waals surface area contributed by atoms with E-state index in [1.165, 1.54) is 6.33 Å². The summed E-state index contributed by atoms with van der Waals surface area (Å²) in [6, 6.07) is 1.12. The third-order valence-electron chi connectivity index (χ3n) is 2.64. The molecule has 0 radical (unpaired) electrons. The molecule has 0 spiro atoms. The molecule has 2 aromatic rings. The first-order valence-corrected chi connectivity index (χ1v) is 5.84. The Hall–Kier alpha value is -2.11. The van der Waals surface area contributed by atoms with Crippen molar-refractivity contribution in [3.8, 4) is 5.75 Å². The van der Waals surface area contributed by atoms with E-state index < -0.39 is 5.56 Å². The fourth-order valence-corrected chi connectivity index (χ4v) is 1.69. The van der Waals surface area contributed by atoms with E-state index in [-0.39, 0.29) is 5.75 Å². The molecule has 0 aliphatic heterocycles. The van der Waals surface area contributed by atoms with Gasteiger partial charge < -0.3 is 9.94 Å². The Balaban J connectivity index is 2.58. The van der Waals surface area contributed by atoms with Crippen molar-refractivity contribution < 1.29 is 9.94 Å². The van der Waals surface area contributed by atoms with Gasteiger partial charge in [-0.05, 0) is 13.3 Å². The molecule has 0 aromatic carbocycles. The molecule has 2 rings (SSSR count). The minimum absolute atomic E-state index is 0.122. The lowest BCUT2D eigenvalue weighted by molar-refractivity contribution is 0.108. The number of nitrogens with zero attached hydrogens (tertiary/aromatic N) is 3. The molecular formula is C12H15N3O3. The molecule has 0 fully saturated rings. The standard InChI is InChI=1S/C12H15N3O3/c1-3-4-5-18-15-10(17)6-9(16)11-8(2)13-7-14-12(11)15/h6-7,16H,3-5H2,1-2H3. The zero-order chi connectivity index (χ0) is 13.1. The van der Waals surface area contributed by atoms with Crippen LogP contribution in [0.2, 0.25) is 0 Å². The average molecular weight is 249 g/mol. The Labute approximate surface area is 104 Å². The molecule has 6 nitrogen and oxygen atoms in total. The molecule has 0 saturated carbocycles. The topological polar surface area (TPSA) is 77.2 Å². The molecule has 0 amide bonds. The second-order valence-corrected chi connectivity index (χ2v) is 4.01. The summed E-state index contributed by atoms with van der Waals surface area (Å²) < 4.78 is 1.11. The van der Waals surface area contributed by atoms with Crippen LogP contribution >= 0.6 is 0 Å². The maximum atomic E-state index is 11.8. The van der Waals surface area contributed by atoms with Crippen molar-refractivity contribution in [1.29, 1.82) is 0 Å². The number of aromatic hydroxyl groups is 1. The Kier molecular flexibility index (Phi) is 3.45. The highest BCUT2D eigenvalue weighted by molar-refractivity contribution is 5.83. The predicted molar refractivity (Wildman–Crippen MR) is 66.6 cm³/mol. The largest absolute Gasteiger partial charge is 0.507 e. The van der Waals surface area contributed by atoms with Crippen LogP contribution in [0.1, 0.15) is 25.5 Å². The number of rotatable bonds is 4. The summed E-state index contributed by atoms with van der Waals surface area (Å²) >= 11 is 0. The first-order chi connectivity index (χ1) is 8.65. The summed E-state index contributed by atoms with van der Waals surface area (Å²) in [6.45, 7) is 4.21. The van der Waals surface area contributed by atoms with Crippen molar-refractivity contribution in [3.05, 3.63) is 28.4 Å². The Morgan fingerprint density at radius 2 is 2.22 bits per heavy atom. The van der Waals surface area contributed by atoms with Gasteiger partial charge in [-0.3, -0.25) is 4.79 Å².